The van der Waals surface area contributed by atoms with Gasteiger partial charge < -0.3 is 149 Å². The van der Waals surface area contributed by atoms with Gasteiger partial charge in [-0.15, -0.1) is 0 Å². The Hall–Kier alpha value is -1.46. The van der Waals surface area contributed by atoms with E-state index in [2.05, 4.69) is 40.7 Å². The summed E-state index contributed by atoms with van der Waals surface area (Å²) in [5.74, 6) is -0.714. The topological polar surface area (TPSA) is 475 Å². The molecular formula is C63H106O30. The van der Waals surface area contributed by atoms with Crippen LogP contribution in [-0.4, -0.2) is 315 Å². The van der Waals surface area contributed by atoms with E-state index in [1.165, 1.54) is 0 Å². The van der Waals surface area contributed by atoms with Crippen molar-refractivity contribution in [3.63, 3.8) is 0 Å². The fourth-order valence-corrected chi connectivity index (χ4v) is 18.3. The Morgan fingerprint density at radius 3 is 1.53 bits per heavy atom. The van der Waals surface area contributed by atoms with Crippen molar-refractivity contribution in [3.05, 3.63) is 11.6 Å². The van der Waals surface area contributed by atoms with Crippen LogP contribution in [0.25, 0.3) is 0 Å². The minimum Gasteiger partial charge on any atom is -0.394 e. The first-order valence-electron chi connectivity index (χ1n) is 33.1. The molecule has 6 heterocycles. The summed E-state index contributed by atoms with van der Waals surface area (Å²) in [6.07, 6.45) is -37.7. The van der Waals surface area contributed by atoms with Gasteiger partial charge in [-0.25, -0.2) is 0 Å². The zero-order valence-corrected chi connectivity index (χ0v) is 54.2. The number of ether oxygens (including phenoxy) is 12. The number of rotatable bonds is 20. The van der Waals surface area contributed by atoms with E-state index < -0.39 is 233 Å². The van der Waals surface area contributed by atoms with Crippen LogP contribution in [0.4, 0.5) is 0 Å². The number of aliphatic hydroxyl groups excluding tert-OH is 18. The monoisotopic (exact) mass is 1340 g/mol. The molecule has 4 aliphatic carbocycles. The molecule has 30 heteroatoms. The fourth-order valence-electron chi connectivity index (χ4n) is 18.3. The predicted molar refractivity (Wildman–Crippen MR) is 313 cm³/mol. The molecule has 6 aliphatic heterocycles. The second-order valence-corrected chi connectivity index (χ2v) is 30.0. The van der Waals surface area contributed by atoms with E-state index in [9.17, 15) is 91.9 Å². The van der Waals surface area contributed by atoms with E-state index in [4.69, 9.17) is 56.8 Å². The van der Waals surface area contributed by atoms with Gasteiger partial charge in [-0.3, -0.25) is 0 Å². The Balaban J connectivity index is 0.837. The summed E-state index contributed by atoms with van der Waals surface area (Å²) in [6, 6.07) is 0. The summed E-state index contributed by atoms with van der Waals surface area (Å²) in [5, 5.41) is 197. The number of allylic oxidation sites excluding steroid dienone is 2. The van der Waals surface area contributed by atoms with Crippen LogP contribution in [0.2, 0.25) is 0 Å². The molecule has 30 nitrogen and oxygen atoms in total. The van der Waals surface area contributed by atoms with Crippen LogP contribution in [0.5, 0.6) is 0 Å². The molecule has 37 atom stereocenters. The molecule has 37 unspecified atom stereocenters. The van der Waals surface area contributed by atoms with Crippen molar-refractivity contribution < 1.29 is 149 Å². The van der Waals surface area contributed by atoms with Crippen LogP contribution in [0.15, 0.2) is 11.6 Å². The van der Waals surface area contributed by atoms with Gasteiger partial charge in [0.2, 0.25) is 0 Å². The van der Waals surface area contributed by atoms with Crippen LogP contribution >= 0.6 is 0 Å². The number of fused-ring (bicyclic) bond motifs is 5. The van der Waals surface area contributed by atoms with Gasteiger partial charge in [-0.05, 0) is 124 Å². The third kappa shape index (κ3) is 13.7. The van der Waals surface area contributed by atoms with E-state index >= 15 is 0 Å². The highest BCUT2D eigenvalue weighted by Crippen LogP contribution is 2.76. The summed E-state index contributed by atoms with van der Waals surface area (Å²) in [6.45, 7) is 13.7. The molecule has 0 bridgehead atoms. The molecule has 0 aromatic heterocycles. The summed E-state index contributed by atoms with van der Waals surface area (Å²) in [5.41, 5.74) is -1.95. The lowest BCUT2D eigenvalue weighted by atomic mass is 9.35. The van der Waals surface area contributed by atoms with Crippen LogP contribution in [0, 0.1) is 45.3 Å². The Kier molecular flexibility index (Phi) is 23.1. The van der Waals surface area contributed by atoms with Gasteiger partial charge in [0, 0.05) is 0 Å². The molecule has 10 fully saturated rings. The predicted octanol–water partition coefficient (Wildman–Crippen LogP) is -4.64. The summed E-state index contributed by atoms with van der Waals surface area (Å²) in [7, 11) is 0. The molecule has 0 aromatic rings. The fraction of sp³-hybridized carbons (Fsp3) is 0.968. The minimum atomic E-state index is -1.90. The third-order valence-corrected chi connectivity index (χ3v) is 24.0. The first-order chi connectivity index (χ1) is 43.7. The van der Waals surface area contributed by atoms with Crippen LogP contribution in [0.3, 0.4) is 0 Å². The first kappa shape index (κ1) is 74.2. The van der Waals surface area contributed by atoms with Crippen LogP contribution in [0.1, 0.15) is 113 Å². The molecular weight excluding hydrogens is 1240 g/mol. The molecule has 0 amide bonds. The highest BCUT2D eigenvalue weighted by Gasteiger charge is 2.72. The van der Waals surface area contributed by atoms with E-state index in [0.29, 0.717) is 44.9 Å². The lowest BCUT2D eigenvalue weighted by molar-refractivity contribution is -0.395. The van der Waals surface area contributed by atoms with Crippen LogP contribution in [-0.2, 0) is 56.8 Å². The second kappa shape index (κ2) is 28.9. The van der Waals surface area contributed by atoms with Gasteiger partial charge in [0.15, 0.2) is 37.7 Å². The van der Waals surface area contributed by atoms with Crippen molar-refractivity contribution in [1.82, 2.24) is 0 Å². The molecule has 18 N–H and O–H groups in total. The van der Waals surface area contributed by atoms with Crippen molar-refractivity contribution in [1.29, 1.82) is 0 Å². The normalized spacial score (nSPS) is 53.1. The summed E-state index contributed by atoms with van der Waals surface area (Å²) < 4.78 is 72.4. The maximum atomic E-state index is 13.0. The number of hydrogen-bond donors (Lipinski definition) is 18. The minimum absolute atomic E-state index is 0.0257. The Morgan fingerprint density at radius 2 is 0.946 bits per heavy atom. The van der Waals surface area contributed by atoms with Gasteiger partial charge >= 0.3 is 0 Å². The van der Waals surface area contributed by atoms with Gasteiger partial charge in [0.1, 0.15) is 128 Å². The third-order valence-electron chi connectivity index (χ3n) is 24.0. The van der Waals surface area contributed by atoms with Gasteiger partial charge in [-0.2, -0.15) is 0 Å². The standard InChI is InChI=1S/C63H106O30/c1-25(2)10-9-14-63(8,93-56-50(81)44(75)42(73)32(89-56)24-85-54-49(80)43(74)33(88-54)23-84-53-47(78)38(69)28(67)21-82-53)26-11-16-62(7)37(26)27(66)18-35-60(5)15-13-36(59(3,4)34(60)12-17-61(35,62)6)90-57-51(45(76)40(71)30(19-64)86-57)92-58-52(46(77)41(72)31(20-65)87-58)91-55-48(79)39(70)29(68)22-83-55/h10,26-58,64-81H,9,11-24H2,1-8H3. The molecule has 0 radical (unpaired) electrons. The Labute approximate surface area is 540 Å². The maximum Gasteiger partial charge on any atom is 0.187 e. The zero-order valence-electron chi connectivity index (χ0n) is 54.2. The largest absolute Gasteiger partial charge is 0.394 e. The van der Waals surface area contributed by atoms with Crippen molar-refractivity contribution in [2.45, 2.75) is 297 Å². The molecule has 0 spiro atoms. The smallest absolute Gasteiger partial charge is 0.187 e. The zero-order chi connectivity index (χ0) is 67.9. The van der Waals surface area contributed by atoms with Crippen LogP contribution < -0.4 is 0 Å². The van der Waals surface area contributed by atoms with Crippen molar-refractivity contribution in [3.8, 4) is 0 Å². The molecule has 4 saturated carbocycles. The van der Waals surface area contributed by atoms with E-state index in [1.54, 1.807) is 0 Å². The molecule has 538 valence electrons. The van der Waals surface area contributed by atoms with Crippen molar-refractivity contribution in [2.75, 3.05) is 39.6 Å². The molecule has 0 aromatic carbocycles. The highest BCUT2D eigenvalue weighted by atomic mass is 16.8. The average molecular weight is 1340 g/mol. The lowest BCUT2D eigenvalue weighted by Gasteiger charge is -2.71. The number of hydrogen-bond acceptors (Lipinski definition) is 30. The number of aliphatic hydroxyl groups is 18. The van der Waals surface area contributed by atoms with Gasteiger partial charge in [0.25, 0.3) is 0 Å². The molecule has 10 aliphatic rings. The maximum absolute atomic E-state index is 13.0. The molecule has 10 rings (SSSR count). The van der Waals surface area contributed by atoms with E-state index in [0.717, 1.165) is 18.4 Å². The quantitative estimate of drug-likeness (QED) is 0.0403. The SMILES string of the molecule is CC(C)=CCCC(C)(OC1OC(COC2OC(COC3OCC(O)C(O)C3O)C(O)C2O)C(O)C(O)C1O)C1CCC2(C)C1C(O)CC1C3(C)CCC(OC4OC(CO)C(O)C(O)C4OC4OC(CO)C(O)C(O)C4OC4OCC(O)C(O)C4O)C(C)(C)C3CCC12C. The average Bonchev–Trinajstić information content (AvgIpc) is 1.67. The van der Waals surface area contributed by atoms with Gasteiger partial charge in [0.05, 0.1) is 57.5 Å². The summed E-state index contributed by atoms with van der Waals surface area (Å²) >= 11 is 0. The van der Waals surface area contributed by atoms with Crippen molar-refractivity contribution >= 4 is 0 Å². The van der Waals surface area contributed by atoms with E-state index in [-0.39, 0.29) is 35.7 Å². The lowest BCUT2D eigenvalue weighted by Crippen LogP contribution is -2.68. The Morgan fingerprint density at radius 1 is 0.473 bits per heavy atom. The molecule has 6 saturated heterocycles. The highest BCUT2D eigenvalue weighted by molar-refractivity contribution is 5.21. The van der Waals surface area contributed by atoms with Gasteiger partial charge in [-0.1, -0.05) is 46.3 Å². The van der Waals surface area contributed by atoms with Crippen molar-refractivity contribution in [2.24, 2.45) is 45.3 Å². The Bertz CT molecular complexity index is 2480. The van der Waals surface area contributed by atoms with E-state index in [1.807, 2.05) is 20.8 Å². The summed E-state index contributed by atoms with van der Waals surface area (Å²) in [4.78, 5) is 0. The molecule has 93 heavy (non-hydrogen) atoms. The second-order valence-electron chi connectivity index (χ2n) is 30.0. The first-order valence-corrected chi connectivity index (χ1v) is 33.1.